The van der Waals surface area contributed by atoms with Crippen LogP contribution in [0.25, 0.3) is 22.4 Å². The summed E-state index contributed by atoms with van der Waals surface area (Å²) in [5.74, 6) is -0.232. The summed E-state index contributed by atoms with van der Waals surface area (Å²) in [5.41, 5.74) is 9.97. The van der Waals surface area contributed by atoms with Crippen molar-refractivity contribution in [3.8, 4) is 11.4 Å². The standard InChI is InChI=1S/C21H22FN3O2/c1-11-7-15(18(22)13(3)12(11)2)20-24-16-6-5-14(19(23)26)8-17(16)25(20)21(4)9-27-10-21/h5-8H,9-10H2,1-4H3,(H2,23,26). The minimum Gasteiger partial charge on any atom is -0.376 e. The van der Waals surface area contributed by atoms with Gasteiger partial charge in [0, 0.05) is 5.56 Å². The Morgan fingerprint density at radius 2 is 1.93 bits per heavy atom. The first kappa shape index (κ1) is 17.7. The fourth-order valence-electron chi connectivity index (χ4n) is 3.70. The molecule has 0 atom stereocenters. The molecule has 0 aliphatic carbocycles. The molecule has 1 aliphatic rings. The second-order valence-corrected chi connectivity index (χ2v) is 7.63. The lowest BCUT2D eigenvalue weighted by Gasteiger charge is -2.41. The number of nitrogens with zero attached hydrogens (tertiary/aromatic N) is 2. The predicted molar refractivity (Wildman–Crippen MR) is 102 cm³/mol. The highest BCUT2D eigenvalue weighted by Gasteiger charge is 2.39. The van der Waals surface area contributed by atoms with Crippen LogP contribution in [0.2, 0.25) is 0 Å². The number of nitrogens with two attached hydrogens (primary N) is 1. The summed E-state index contributed by atoms with van der Waals surface area (Å²) in [6.45, 7) is 8.71. The summed E-state index contributed by atoms with van der Waals surface area (Å²) in [6.07, 6.45) is 0. The van der Waals surface area contributed by atoms with Gasteiger partial charge in [-0.05, 0) is 68.7 Å². The summed E-state index contributed by atoms with van der Waals surface area (Å²) < 4.78 is 22.6. The Balaban J connectivity index is 2.07. The Morgan fingerprint density at radius 3 is 2.52 bits per heavy atom. The topological polar surface area (TPSA) is 70.1 Å². The number of benzene rings is 2. The van der Waals surface area contributed by atoms with E-state index in [9.17, 15) is 4.79 Å². The number of primary amides is 1. The Labute approximate surface area is 157 Å². The van der Waals surface area contributed by atoms with Crippen LogP contribution < -0.4 is 5.73 Å². The number of halogens is 1. The van der Waals surface area contributed by atoms with Gasteiger partial charge in [-0.1, -0.05) is 0 Å². The van der Waals surface area contributed by atoms with Gasteiger partial charge in [0.1, 0.15) is 11.6 Å². The minimum atomic E-state index is -0.505. The number of aromatic nitrogens is 2. The minimum absolute atomic E-state index is 0.270. The smallest absolute Gasteiger partial charge is 0.248 e. The van der Waals surface area contributed by atoms with Crippen molar-refractivity contribution in [1.29, 1.82) is 0 Å². The van der Waals surface area contributed by atoms with Crippen LogP contribution in [0, 0.1) is 26.6 Å². The van der Waals surface area contributed by atoms with E-state index in [2.05, 4.69) is 0 Å². The van der Waals surface area contributed by atoms with Crippen LogP contribution in [0.3, 0.4) is 0 Å². The predicted octanol–water partition coefficient (Wildman–Crippen LogP) is 3.61. The molecule has 4 rings (SSSR count). The van der Waals surface area contributed by atoms with Crippen molar-refractivity contribution in [2.75, 3.05) is 13.2 Å². The molecule has 5 nitrogen and oxygen atoms in total. The normalized spacial score (nSPS) is 15.7. The van der Waals surface area contributed by atoms with Gasteiger partial charge in [0.05, 0.1) is 35.3 Å². The first-order chi connectivity index (χ1) is 12.7. The molecule has 0 bridgehead atoms. The lowest BCUT2D eigenvalue weighted by Crippen LogP contribution is -2.49. The van der Waals surface area contributed by atoms with Gasteiger partial charge in [-0.25, -0.2) is 9.37 Å². The highest BCUT2D eigenvalue weighted by atomic mass is 19.1. The number of rotatable bonds is 3. The Kier molecular flexibility index (Phi) is 3.85. The zero-order chi connectivity index (χ0) is 19.5. The maximum Gasteiger partial charge on any atom is 0.248 e. The number of fused-ring (bicyclic) bond motifs is 1. The van der Waals surface area contributed by atoms with Crippen molar-refractivity contribution in [2.24, 2.45) is 5.73 Å². The van der Waals surface area contributed by atoms with Crippen LogP contribution >= 0.6 is 0 Å². The van der Waals surface area contributed by atoms with Gasteiger partial charge < -0.3 is 15.0 Å². The zero-order valence-corrected chi connectivity index (χ0v) is 15.9. The molecule has 1 aliphatic heterocycles. The Morgan fingerprint density at radius 1 is 1.22 bits per heavy atom. The second kappa shape index (κ2) is 5.89. The number of hydrogen-bond acceptors (Lipinski definition) is 3. The van der Waals surface area contributed by atoms with E-state index in [1.165, 1.54) is 0 Å². The Bertz CT molecular complexity index is 1100. The van der Waals surface area contributed by atoms with Crippen LogP contribution in [0.5, 0.6) is 0 Å². The molecule has 1 aromatic heterocycles. The fraction of sp³-hybridized carbons (Fsp3) is 0.333. The van der Waals surface area contributed by atoms with E-state index in [0.717, 1.165) is 16.6 Å². The van der Waals surface area contributed by atoms with Crippen molar-refractivity contribution in [3.63, 3.8) is 0 Å². The largest absolute Gasteiger partial charge is 0.376 e. The van der Waals surface area contributed by atoms with E-state index < -0.39 is 5.91 Å². The molecule has 0 saturated carbocycles. The third kappa shape index (κ3) is 2.55. The van der Waals surface area contributed by atoms with Gasteiger partial charge in [-0.15, -0.1) is 0 Å². The van der Waals surface area contributed by atoms with Gasteiger partial charge in [-0.2, -0.15) is 0 Å². The first-order valence-corrected chi connectivity index (χ1v) is 8.90. The van der Waals surface area contributed by atoms with Crippen molar-refractivity contribution in [1.82, 2.24) is 9.55 Å². The van der Waals surface area contributed by atoms with Crippen LogP contribution in [-0.2, 0) is 10.3 Å². The molecule has 140 valence electrons. The number of carbonyl (C=O) groups is 1. The average Bonchev–Trinajstić information content (AvgIpc) is 2.99. The molecular weight excluding hydrogens is 345 g/mol. The van der Waals surface area contributed by atoms with E-state index >= 15 is 4.39 Å². The second-order valence-electron chi connectivity index (χ2n) is 7.63. The molecule has 2 aromatic carbocycles. The van der Waals surface area contributed by atoms with Crippen LogP contribution in [0.4, 0.5) is 4.39 Å². The van der Waals surface area contributed by atoms with Crippen molar-refractivity contribution in [2.45, 2.75) is 33.2 Å². The lowest BCUT2D eigenvalue weighted by atomic mass is 9.96. The molecule has 0 radical (unpaired) electrons. The monoisotopic (exact) mass is 367 g/mol. The van der Waals surface area contributed by atoms with Crippen molar-refractivity contribution in [3.05, 3.63) is 52.3 Å². The van der Waals surface area contributed by atoms with E-state index in [-0.39, 0.29) is 11.4 Å². The van der Waals surface area contributed by atoms with E-state index in [1.54, 1.807) is 25.1 Å². The highest BCUT2D eigenvalue weighted by molar-refractivity contribution is 5.97. The van der Waals surface area contributed by atoms with E-state index in [0.29, 0.717) is 41.2 Å². The number of amides is 1. The summed E-state index contributed by atoms with van der Waals surface area (Å²) in [5, 5.41) is 0. The van der Waals surface area contributed by atoms with Gasteiger partial charge in [0.2, 0.25) is 5.91 Å². The van der Waals surface area contributed by atoms with Gasteiger partial charge >= 0.3 is 0 Å². The van der Waals surface area contributed by atoms with E-state index in [1.807, 2.05) is 31.4 Å². The SMILES string of the molecule is Cc1cc(-c2nc3ccc(C(N)=O)cc3n2C2(C)COC2)c(F)c(C)c1C. The van der Waals surface area contributed by atoms with Crippen LogP contribution in [-0.4, -0.2) is 28.7 Å². The van der Waals surface area contributed by atoms with Gasteiger partial charge in [0.15, 0.2) is 0 Å². The lowest BCUT2D eigenvalue weighted by molar-refractivity contribution is -0.0868. The summed E-state index contributed by atoms with van der Waals surface area (Å²) in [7, 11) is 0. The number of hydrogen-bond donors (Lipinski definition) is 1. The third-order valence-corrected chi connectivity index (χ3v) is 5.63. The Hall–Kier alpha value is -2.73. The number of carbonyl (C=O) groups excluding carboxylic acids is 1. The van der Waals surface area contributed by atoms with Gasteiger partial charge in [-0.3, -0.25) is 4.79 Å². The number of aryl methyl sites for hydroxylation is 1. The average molecular weight is 367 g/mol. The molecule has 3 aromatic rings. The van der Waals surface area contributed by atoms with Gasteiger partial charge in [0.25, 0.3) is 0 Å². The number of ether oxygens (including phenoxy) is 1. The molecule has 0 unspecified atom stereocenters. The molecule has 1 saturated heterocycles. The molecule has 2 N–H and O–H groups in total. The zero-order valence-electron chi connectivity index (χ0n) is 15.9. The fourth-order valence-corrected chi connectivity index (χ4v) is 3.70. The molecular formula is C21H22FN3O2. The van der Waals surface area contributed by atoms with E-state index in [4.69, 9.17) is 15.5 Å². The van der Waals surface area contributed by atoms with Crippen molar-refractivity contribution >= 4 is 16.9 Å². The van der Waals surface area contributed by atoms with Crippen LogP contribution in [0.15, 0.2) is 24.3 Å². The molecule has 27 heavy (non-hydrogen) atoms. The summed E-state index contributed by atoms with van der Waals surface area (Å²) in [4.78, 5) is 16.4. The summed E-state index contributed by atoms with van der Waals surface area (Å²) in [6, 6.07) is 6.97. The molecule has 0 spiro atoms. The quantitative estimate of drug-likeness (QED) is 0.769. The molecule has 1 amide bonds. The summed E-state index contributed by atoms with van der Waals surface area (Å²) >= 11 is 0. The van der Waals surface area contributed by atoms with Crippen LogP contribution in [0.1, 0.15) is 34.0 Å². The molecule has 1 fully saturated rings. The van der Waals surface area contributed by atoms with Crippen molar-refractivity contribution < 1.29 is 13.9 Å². The first-order valence-electron chi connectivity index (χ1n) is 8.90. The number of imidazole rings is 1. The third-order valence-electron chi connectivity index (χ3n) is 5.63. The molecule has 6 heteroatoms. The maximum absolute atomic E-state index is 15.2. The highest BCUT2D eigenvalue weighted by Crippen LogP contribution is 2.38. The molecule has 2 heterocycles. The maximum atomic E-state index is 15.2.